The highest BCUT2D eigenvalue weighted by atomic mass is 16.5. The van der Waals surface area contributed by atoms with Crippen molar-refractivity contribution in [2.45, 2.75) is 89.5 Å². The molecule has 6 heteroatoms. The van der Waals surface area contributed by atoms with Gasteiger partial charge >= 0.3 is 0 Å². The molecule has 0 amide bonds. The molecule has 2 aliphatic carbocycles. The fourth-order valence-corrected chi connectivity index (χ4v) is 4.95. The molecule has 4 N–H and O–H groups in total. The van der Waals surface area contributed by atoms with Crippen molar-refractivity contribution < 1.29 is 19.7 Å². The molecule has 6 unspecified atom stereocenters. The molecule has 1 aromatic carbocycles. The van der Waals surface area contributed by atoms with Gasteiger partial charge in [-0.25, -0.2) is 0 Å². The molecular weight excluding hydrogens is 404 g/mol. The molecule has 0 radical (unpaired) electrons. The molecule has 1 aromatic rings. The van der Waals surface area contributed by atoms with Crippen molar-refractivity contribution >= 4 is 0 Å². The Balaban J connectivity index is 1.29. The Morgan fingerprint density at radius 1 is 0.719 bits per heavy atom. The zero-order valence-corrected chi connectivity index (χ0v) is 20.0. The quantitative estimate of drug-likeness (QED) is 0.392. The molecule has 0 heterocycles. The summed E-state index contributed by atoms with van der Waals surface area (Å²) in [6, 6.07) is 8.37. The minimum Gasteiger partial charge on any atom is -0.491 e. The first-order valence-corrected chi connectivity index (χ1v) is 12.7. The van der Waals surface area contributed by atoms with E-state index in [9.17, 15) is 10.2 Å². The van der Waals surface area contributed by atoms with Crippen LogP contribution in [-0.2, 0) is 0 Å². The predicted molar refractivity (Wildman–Crippen MR) is 128 cm³/mol. The summed E-state index contributed by atoms with van der Waals surface area (Å²) in [6.45, 7) is 6.21. The number of aliphatic hydroxyl groups excluding tert-OH is 2. The summed E-state index contributed by atoms with van der Waals surface area (Å²) in [5.74, 6) is 2.76. The van der Waals surface area contributed by atoms with Gasteiger partial charge in [0.15, 0.2) is 0 Å². The van der Waals surface area contributed by atoms with Crippen LogP contribution in [0, 0.1) is 11.8 Å². The lowest BCUT2D eigenvalue weighted by molar-refractivity contribution is 0.0967. The van der Waals surface area contributed by atoms with Crippen molar-refractivity contribution in [3.05, 3.63) is 24.3 Å². The maximum Gasteiger partial charge on any atom is 0.119 e. The number of rotatable bonds is 12. The second-order valence-electron chi connectivity index (χ2n) is 9.95. The van der Waals surface area contributed by atoms with Gasteiger partial charge in [0.1, 0.15) is 36.9 Å². The van der Waals surface area contributed by atoms with Gasteiger partial charge in [0.2, 0.25) is 0 Å². The standard InChI is InChI=1S/C26H44N2O4/c1-19-7-3-5-9-25(19)27-15-21(29)17-31-23-11-13-24(14-12-23)32-18-22(30)16-28-26-10-6-4-8-20(26)2/h11-14,19-22,25-30H,3-10,15-18H2,1-2H3. The third-order valence-electron chi connectivity index (χ3n) is 7.16. The maximum absolute atomic E-state index is 10.2. The van der Waals surface area contributed by atoms with Crippen molar-refractivity contribution in [3.63, 3.8) is 0 Å². The monoisotopic (exact) mass is 448 g/mol. The van der Waals surface area contributed by atoms with Crippen LogP contribution in [0.4, 0.5) is 0 Å². The average molecular weight is 449 g/mol. The number of aliphatic hydroxyl groups is 2. The number of benzene rings is 1. The number of hydrogen-bond acceptors (Lipinski definition) is 6. The lowest BCUT2D eigenvalue weighted by Crippen LogP contribution is -2.42. The molecule has 182 valence electrons. The van der Waals surface area contributed by atoms with E-state index in [0.717, 1.165) is 0 Å². The highest BCUT2D eigenvalue weighted by Crippen LogP contribution is 2.24. The van der Waals surface area contributed by atoms with E-state index in [4.69, 9.17) is 9.47 Å². The van der Waals surface area contributed by atoms with Gasteiger partial charge < -0.3 is 30.3 Å². The smallest absolute Gasteiger partial charge is 0.119 e. The van der Waals surface area contributed by atoms with Crippen LogP contribution in [0.1, 0.15) is 65.2 Å². The topological polar surface area (TPSA) is 83.0 Å². The molecule has 2 aliphatic rings. The van der Waals surface area contributed by atoms with Gasteiger partial charge in [-0.3, -0.25) is 0 Å². The summed E-state index contributed by atoms with van der Waals surface area (Å²) >= 11 is 0. The first-order valence-electron chi connectivity index (χ1n) is 12.7. The fourth-order valence-electron chi connectivity index (χ4n) is 4.95. The Morgan fingerprint density at radius 2 is 1.09 bits per heavy atom. The first-order chi connectivity index (χ1) is 15.5. The second kappa shape index (κ2) is 13.4. The highest BCUT2D eigenvalue weighted by molar-refractivity contribution is 5.31. The third-order valence-corrected chi connectivity index (χ3v) is 7.16. The van der Waals surface area contributed by atoms with E-state index in [1.165, 1.54) is 51.4 Å². The Kier molecular flexibility index (Phi) is 10.6. The van der Waals surface area contributed by atoms with Crippen LogP contribution in [0.25, 0.3) is 0 Å². The van der Waals surface area contributed by atoms with Crippen molar-refractivity contribution in [1.29, 1.82) is 0 Å². The molecule has 0 spiro atoms. The van der Waals surface area contributed by atoms with Crippen LogP contribution >= 0.6 is 0 Å². The molecule has 0 saturated heterocycles. The molecule has 32 heavy (non-hydrogen) atoms. The molecule has 0 aliphatic heterocycles. The SMILES string of the molecule is CC1CCCCC1NCC(O)COc1ccc(OCC(O)CNC2CCCCC2C)cc1. The average Bonchev–Trinajstić information content (AvgIpc) is 2.81. The third kappa shape index (κ3) is 8.54. The molecule has 0 aromatic heterocycles. The number of hydrogen-bond donors (Lipinski definition) is 4. The van der Waals surface area contributed by atoms with E-state index in [2.05, 4.69) is 24.5 Å². The lowest BCUT2D eigenvalue weighted by atomic mass is 9.86. The van der Waals surface area contributed by atoms with Gasteiger partial charge in [-0.15, -0.1) is 0 Å². The van der Waals surface area contributed by atoms with Gasteiger partial charge in [-0.05, 0) is 61.8 Å². The molecule has 6 atom stereocenters. The van der Waals surface area contributed by atoms with Gasteiger partial charge in [-0.2, -0.15) is 0 Å². The van der Waals surface area contributed by atoms with E-state index in [1.54, 1.807) is 0 Å². The summed E-state index contributed by atoms with van der Waals surface area (Å²) in [5, 5.41) is 27.5. The largest absolute Gasteiger partial charge is 0.491 e. The van der Waals surface area contributed by atoms with Crippen LogP contribution in [0.3, 0.4) is 0 Å². The van der Waals surface area contributed by atoms with Crippen molar-refractivity contribution in [2.24, 2.45) is 11.8 Å². The van der Waals surface area contributed by atoms with E-state index in [0.29, 0.717) is 48.5 Å². The zero-order chi connectivity index (χ0) is 22.8. The summed E-state index contributed by atoms with van der Waals surface area (Å²) in [4.78, 5) is 0. The molecular formula is C26H44N2O4. The number of ether oxygens (including phenoxy) is 2. The number of nitrogens with one attached hydrogen (secondary N) is 2. The van der Waals surface area contributed by atoms with Crippen LogP contribution < -0.4 is 20.1 Å². The van der Waals surface area contributed by atoms with Crippen LogP contribution in [0.2, 0.25) is 0 Å². The molecule has 0 bridgehead atoms. The molecule has 2 saturated carbocycles. The normalized spacial score (nSPS) is 28.1. The van der Waals surface area contributed by atoms with Crippen molar-refractivity contribution in [3.8, 4) is 11.5 Å². The van der Waals surface area contributed by atoms with Crippen LogP contribution in [0.15, 0.2) is 24.3 Å². The fraction of sp³-hybridized carbons (Fsp3) is 0.769. The summed E-state index contributed by atoms with van der Waals surface area (Å²) in [5.41, 5.74) is 0. The minimum atomic E-state index is -0.533. The molecule has 3 rings (SSSR count). The Morgan fingerprint density at radius 3 is 1.47 bits per heavy atom. The van der Waals surface area contributed by atoms with Gasteiger partial charge in [0.05, 0.1) is 0 Å². The highest BCUT2D eigenvalue weighted by Gasteiger charge is 2.22. The lowest BCUT2D eigenvalue weighted by Gasteiger charge is -2.30. The maximum atomic E-state index is 10.2. The first kappa shape index (κ1) is 25.3. The second-order valence-corrected chi connectivity index (χ2v) is 9.95. The van der Waals surface area contributed by atoms with Gasteiger partial charge in [0.25, 0.3) is 0 Å². The van der Waals surface area contributed by atoms with Crippen LogP contribution in [0.5, 0.6) is 11.5 Å². The Labute approximate surface area is 194 Å². The van der Waals surface area contributed by atoms with Crippen LogP contribution in [-0.4, -0.2) is 60.8 Å². The van der Waals surface area contributed by atoms with Gasteiger partial charge in [-0.1, -0.05) is 39.5 Å². The predicted octanol–water partition coefficient (Wildman–Crippen LogP) is 3.50. The Bertz CT molecular complexity index is 586. The molecule has 6 nitrogen and oxygen atoms in total. The van der Waals surface area contributed by atoms with Gasteiger partial charge in [0, 0.05) is 25.2 Å². The van der Waals surface area contributed by atoms with Crippen molar-refractivity contribution in [2.75, 3.05) is 26.3 Å². The minimum absolute atomic E-state index is 0.262. The summed E-state index contributed by atoms with van der Waals surface area (Å²) in [6.07, 6.45) is 9.05. The van der Waals surface area contributed by atoms with E-state index in [1.807, 2.05) is 24.3 Å². The molecule has 2 fully saturated rings. The van der Waals surface area contributed by atoms with E-state index >= 15 is 0 Å². The summed E-state index contributed by atoms with van der Waals surface area (Å²) in [7, 11) is 0. The summed E-state index contributed by atoms with van der Waals surface area (Å²) < 4.78 is 11.5. The Hall–Kier alpha value is -1.34. The van der Waals surface area contributed by atoms with E-state index < -0.39 is 12.2 Å². The zero-order valence-electron chi connectivity index (χ0n) is 20.0. The van der Waals surface area contributed by atoms with Crippen molar-refractivity contribution in [1.82, 2.24) is 10.6 Å². The van der Waals surface area contributed by atoms with E-state index in [-0.39, 0.29) is 13.2 Å².